The minimum atomic E-state index is -0.507. The molecule has 0 fully saturated rings. The molecule has 0 aliphatic rings. The fraction of sp³-hybridized carbons (Fsp3) is 0. The summed E-state index contributed by atoms with van der Waals surface area (Å²) >= 11 is 5.89. The van der Waals surface area contributed by atoms with E-state index >= 15 is 0 Å². The molecule has 0 amide bonds. The number of rotatable bonds is 1. The lowest BCUT2D eigenvalue weighted by Gasteiger charge is -1.94. The Hall–Kier alpha value is -1.94. The predicted molar refractivity (Wildman–Crippen MR) is 64.3 cm³/mol. The average molecular weight is 248 g/mol. The van der Waals surface area contributed by atoms with Crippen LogP contribution in [0, 0.1) is 5.95 Å². The van der Waals surface area contributed by atoms with E-state index in [0.29, 0.717) is 10.8 Å². The number of hydrogen-bond acceptors (Lipinski definition) is 2. The van der Waals surface area contributed by atoms with Crippen LogP contribution >= 0.6 is 11.6 Å². The van der Waals surface area contributed by atoms with Crippen molar-refractivity contribution in [2.75, 3.05) is 0 Å². The molecule has 0 atom stereocenters. The summed E-state index contributed by atoms with van der Waals surface area (Å²) < 4.78 is 12.7. The summed E-state index contributed by atoms with van der Waals surface area (Å²) in [5.41, 5.74) is 2.39. The highest BCUT2D eigenvalue weighted by Crippen LogP contribution is 2.22. The van der Waals surface area contributed by atoms with Crippen molar-refractivity contribution in [3.05, 3.63) is 47.5 Å². The topological polar surface area (TPSA) is 41.6 Å². The van der Waals surface area contributed by atoms with Gasteiger partial charge in [0.15, 0.2) is 0 Å². The number of benzene rings is 1. The van der Waals surface area contributed by atoms with Crippen LogP contribution in [-0.2, 0) is 0 Å². The summed E-state index contributed by atoms with van der Waals surface area (Å²) in [6, 6.07) is 8.33. The molecule has 5 heteroatoms. The predicted octanol–water partition coefficient (Wildman–Crippen LogP) is 3.42. The number of H-pyrrole nitrogens is 1. The maximum Gasteiger partial charge on any atom is 0.212 e. The van der Waals surface area contributed by atoms with Crippen LogP contribution in [-0.4, -0.2) is 15.0 Å². The maximum atomic E-state index is 12.7. The molecule has 3 nitrogen and oxygen atoms in total. The van der Waals surface area contributed by atoms with E-state index in [2.05, 4.69) is 15.0 Å². The number of aromatic amines is 1. The number of pyridine rings is 1. The molecule has 1 N–H and O–H groups in total. The van der Waals surface area contributed by atoms with Gasteiger partial charge in [-0.3, -0.25) is 0 Å². The van der Waals surface area contributed by atoms with Crippen molar-refractivity contribution in [2.45, 2.75) is 0 Å². The number of hydrogen-bond donors (Lipinski definition) is 1. The number of nitrogens with zero attached hydrogens (tertiary/aromatic N) is 2. The van der Waals surface area contributed by atoms with Gasteiger partial charge in [-0.05, 0) is 30.3 Å². The molecule has 84 valence electrons. The fourth-order valence-electron chi connectivity index (χ4n) is 1.63. The standard InChI is InChI=1S/C12H7ClFN3/c13-8-2-3-9-10(5-8)17-12(16-9)7-1-4-11(14)15-6-7/h1-6H,(H,16,17). The number of imidazole rings is 1. The Bertz CT molecular complexity index is 676. The number of nitrogens with one attached hydrogen (secondary N) is 1. The van der Waals surface area contributed by atoms with Crippen molar-refractivity contribution in [1.82, 2.24) is 15.0 Å². The van der Waals surface area contributed by atoms with Crippen LogP contribution in [0.3, 0.4) is 0 Å². The third kappa shape index (κ3) is 1.87. The SMILES string of the molecule is Fc1ccc(-c2nc3ccc(Cl)cc3[nH]2)cn1. The monoisotopic (exact) mass is 247 g/mol. The van der Waals surface area contributed by atoms with E-state index in [1.54, 1.807) is 18.2 Å². The number of halogens is 2. The van der Waals surface area contributed by atoms with Gasteiger partial charge in [-0.1, -0.05) is 11.6 Å². The van der Waals surface area contributed by atoms with Crippen LogP contribution in [0.1, 0.15) is 0 Å². The van der Waals surface area contributed by atoms with Crippen LogP contribution < -0.4 is 0 Å². The smallest absolute Gasteiger partial charge is 0.212 e. The Morgan fingerprint density at radius 2 is 2.06 bits per heavy atom. The molecule has 0 saturated heterocycles. The van der Waals surface area contributed by atoms with Gasteiger partial charge in [0, 0.05) is 16.8 Å². The Kier molecular flexibility index (Phi) is 2.30. The highest BCUT2D eigenvalue weighted by molar-refractivity contribution is 6.31. The largest absolute Gasteiger partial charge is 0.338 e. The van der Waals surface area contributed by atoms with Crippen LogP contribution in [0.2, 0.25) is 5.02 Å². The lowest BCUT2D eigenvalue weighted by molar-refractivity contribution is 0.584. The highest BCUT2D eigenvalue weighted by Gasteiger charge is 2.06. The average Bonchev–Trinajstić information content (AvgIpc) is 2.72. The zero-order chi connectivity index (χ0) is 11.8. The van der Waals surface area contributed by atoms with Crippen molar-refractivity contribution < 1.29 is 4.39 Å². The lowest BCUT2D eigenvalue weighted by Crippen LogP contribution is -1.84. The second-order valence-corrected chi connectivity index (χ2v) is 4.05. The molecule has 2 aromatic heterocycles. The van der Waals surface area contributed by atoms with E-state index in [4.69, 9.17) is 11.6 Å². The summed E-state index contributed by atoms with van der Waals surface area (Å²) in [4.78, 5) is 11.1. The van der Waals surface area contributed by atoms with Crippen LogP contribution in [0.4, 0.5) is 4.39 Å². The highest BCUT2D eigenvalue weighted by atomic mass is 35.5. The fourth-order valence-corrected chi connectivity index (χ4v) is 1.81. The van der Waals surface area contributed by atoms with Gasteiger partial charge < -0.3 is 4.98 Å². The van der Waals surface area contributed by atoms with E-state index in [0.717, 1.165) is 16.6 Å². The van der Waals surface area contributed by atoms with Crippen molar-refractivity contribution in [3.63, 3.8) is 0 Å². The Morgan fingerprint density at radius 3 is 2.82 bits per heavy atom. The quantitative estimate of drug-likeness (QED) is 0.670. The molecule has 1 aromatic carbocycles. The van der Waals surface area contributed by atoms with Crippen molar-refractivity contribution in [3.8, 4) is 11.4 Å². The first kappa shape index (κ1) is 10.2. The number of fused-ring (bicyclic) bond motifs is 1. The summed E-state index contributed by atoms with van der Waals surface area (Å²) in [6.07, 6.45) is 1.44. The Morgan fingerprint density at radius 1 is 1.18 bits per heavy atom. The van der Waals surface area contributed by atoms with Crippen molar-refractivity contribution in [1.29, 1.82) is 0 Å². The first-order valence-corrected chi connectivity index (χ1v) is 5.37. The molecule has 0 bridgehead atoms. The molecule has 2 heterocycles. The summed E-state index contributed by atoms with van der Waals surface area (Å²) in [5, 5.41) is 0.643. The van der Waals surface area contributed by atoms with Gasteiger partial charge in [0.25, 0.3) is 0 Å². The minimum absolute atomic E-state index is 0.507. The molecule has 0 aliphatic heterocycles. The zero-order valence-electron chi connectivity index (χ0n) is 8.61. The molecular formula is C12H7ClFN3. The molecule has 17 heavy (non-hydrogen) atoms. The van der Waals surface area contributed by atoms with Crippen molar-refractivity contribution >= 4 is 22.6 Å². The molecule has 0 aliphatic carbocycles. The van der Waals surface area contributed by atoms with Gasteiger partial charge in [-0.25, -0.2) is 9.97 Å². The zero-order valence-corrected chi connectivity index (χ0v) is 9.37. The second-order valence-electron chi connectivity index (χ2n) is 3.62. The van der Waals surface area contributed by atoms with E-state index < -0.39 is 5.95 Å². The molecular weight excluding hydrogens is 241 g/mol. The van der Waals surface area contributed by atoms with Gasteiger partial charge in [0.2, 0.25) is 5.95 Å². The Balaban J connectivity index is 2.14. The molecule has 0 radical (unpaired) electrons. The number of aromatic nitrogens is 3. The van der Waals surface area contributed by atoms with Crippen molar-refractivity contribution in [2.24, 2.45) is 0 Å². The van der Waals surface area contributed by atoms with E-state index in [1.807, 2.05) is 6.07 Å². The normalized spacial score (nSPS) is 10.9. The second kappa shape index (κ2) is 3.82. The van der Waals surface area contributed by atoms with Crippen LogP contribution in [0.25, 0.3) is 22.4 Å². The summed E-state index contributed by atoms with van der Waals surface area (Å²) in [5.74, 6) is 0.141. The van der Waals surface area contributed by atoms with Gasteiger partial charge in [-0.2, -0.15) is 4.39 Å². The molecule has 0 spiro atoms. The summed E-state index contributed by atoms with van der Waals surface area (Å²) in [6.45, 7) is 0. The third-order valence-corrected chi connectivity index (χ3v) is 2.68. The van der Waals surface area contributed by atoms with E-state index in [-0.39, 0.29) is 0 Å². The first-order valence-electron chi connectivity index (χ1n) is 4.99. The van der Waals surface area contributed by atoms with Gasteiger partial charge in [-0.15, -0.1) is 0 Å². The van der Waals surface area contributed by atoms with Gasteiger partial charge >= 0.3 is 0 Å². The maximum absolute atomic E-state index is 12.7. The van der Waals surface area contributed by atoms with Crippen LogP contribution in [0.15, 0.2) is 36.5 Å². The summed E-state index contributed by atoms with van der Waals surface area (Å²) in [7, 11) is 0. The van der Waals surface area contributed by atoms with Crippen LogP contribution in [0.5, 0.6) is 0 Å². The Labute approximate surface area is 101 Å². The van der Waals surface area contributed by atoms with E-state index in [1.165, 1.54) is 12.3 Å². The molecule has 0 saturated carbocycles. The lowest BCUT2D eigenvalue weighted by atomic mass is 10.3. The van der Waals surface area contributed by atoms with E-state index in [9.17, 15) is 4.39 Å². The van der Waals surface area contributed by atoms with Gasteiger partial charge in [0.05, 0.1) is 11.0 Å². The first-order chi connectivity index (χ1) is 8.22. The third-order valence-electron chi connectivity index (χ3n) is 2.44. The molecule has 3 rings (SSSR count). The van der Waals surface area contributed by atoms with Gasteiger partial charge in [0.1, 0.15) is 5.82 Å². The molecule has 3 aromatic rings. The molecule has 0 unspecified atom stereocenters. The minimum Gasteiger partial charge on any atom is -0.338 e.